The monoisotopic (exact) mass is 416 g/mol. The summed E-state index contributed by atoms with van der Waals surface area (Å²) in [5.74, 6) is 0.733. The van der Waals surface area contributed by atoms with Gasteiger partial charge >= 0.3 is 0 Å². The molecule has 3 heterocycles. The maximum absolute atomic E-state index is 12.4. The van der Waals surface area contributed by atoms with Gasteiger partial charge in [-0.1, -0.05) is 12.1 Å². The SMILES string of the molecule is O=C(Cc1csc(-c2ccsc2)n1)Nc1ccc(-c2nc3ccccc3[nH]2)cc1. The molecule has 0 fully saturated rings. The van der Waals surface area contributed by atoms with Crippen LogP contribution in [-0.2, 0) is 11.2 Å². The average Bonchev–Trinajstić information content (AvgIpc) is 3.48. The number of benzene rings is 2. The van der Waals surface area contributed by atoms with Gasteiger partial charge in [0.1, 0.15) is 10.8 Å². The lowest BCUT2D eigenvalue weighted by atomic mass is 10.2. The molecule has 0 radical (unpaired) electrons. The van der Waals surface area contributed by atoms with E-state index in [4.69, 9.17) is 0 Å². The third kappa shape index (κ3) is 3.83. The van der Waals surface area contributed by atoms with E-state index in [0.29, 0.717) is 0 Å². The Morgan fingerprint density at radius 2 is 1.83 bits per heavy atom. The second-order valence-electron chi connectivity index (χ2n) is 6.56. The number of nitrogens with one attached hydrogen (secondary N) is 2. The van der Waals surface area contributed by atoms with Crippen molar-refractivity contribution in [1.29, 1.82) is 0 Å². The fraction of sp³-hybridized carbons (Fsp3) is 0.0455. The van der Waals surface area contributed by atoms with E-state index in [1.807, 2.05) is 65.4 Å². The molecule has 29 heavy (non-hydrogen) atoms. The van der Waals surface area contributed by atoms with Gasteiger partial charge in [-0.2, -0.15) is 11.3 Å². The van der Waals surface area contributed by atoms with Crippen molar-refractivity contribution in [2.45, 2.75) is 6.42 Å². The number of aromatic nitrogens is 3. The molecule has 2 N–H and O–H groups in total. The third-order valence-corrected chi connectivity index (χ3v) is 6.12. The number of amides is 1. The van der Waals surface area contributed by atoms with Gasteiger partial charge in [0.15, 0.2) is 0 Å². The van der Waals surface area contributed by atoms with Gasteiger partial charge in [0.05, 0.1) is 23.1 Å². The summed E-state index contributed by atoms with van der Waals surface area (Å²) in [5.41, 5.74) is 5.55. The summed E-state index contributed by atoms with van der Waals surface area (Å²) in [5, 5.41) is 9.91. The molecule has 1 amide bonds. The van der Waals surface area contributed by atoms with Gasteiger partial charge in [-0.05, 0) is 47.8 Å². The van der Waals surface area contributed by atoms with E-state index < -0.39 is 0 Å². The summed E-state index contributed by atoms with van der Waals surface area (Å²) in [7, 11) is 0. The molecular formula is C22H16N4OS2. The van der Waals surface area contributed by atoms with Crippen molar-refractivity contribution in [2.75, 3.05) is 5.32 Å². The highest BCUT2D eigenvalue weighted by atomic mass is 32.1. The number of rotatable bonds is 5. The maximum atomic E-state index is 12.4. The predicted octanol–water partition coefficient (Wildman–Crippen LogP) is 5.60. The van der Waals surface area contributed by atoms with Gasteiger partial charge in [0.25, 0.3) is 0 Å². The molecule has 0 saturated heterocycles. The second kappa shape index (κ2) is 7.62. The van der Waals surface area contributed by atoms with Crippen LogP contribution in [0.15, 0.2) is 70.7 Å². The number of anilines is 1. The number of para-hydroxylation sites is 2. The molecule has 0 aliphatic rings. The average molecular weight is 417 g/mol. The fourth-order valence-electron chi connectivity index (χ4n) is 3.08. The molecular weight excluding hydrogens is 400 g/mol. The molecule has 0 bridgehead atoms. The Kier molecular flexibility index (Phi) is 4.67. The smallest absolute Gasteiger partial charge is 0.230 e. The fourth-order valence-corrected chi connectivity index (χ4v) is 4.61. The first-order valence-corrected chi connectivity index (χ1v) is 10.9. The van der Waals surface area contributed by atoms with Crippen LogP contribution in [-0.4, -0.2) is 20.9 Å². The Labute approximate surface area is 175 Å². The number of hydrogen-bond donors (Lipinski definition) is 2. The van der Waals surface area contributed by atoms with Gasteiger partial charge < -0.3 is 10.3 Å². The Hall–Kier alpha value is -3.29. The van der Waals surface area contributed by atoms with Crippen LogP contribution in [0.4, 0.5) is 5.69 Å². The number of nitrogens with zero attached hydrogens (tertiary/aromatic N) is 2. The lowest BCUT2D eigenvalue weighted by Gasteiger charge is -2.05. The van der Waals surface area contributed by atoms with E-state index in [1.165, 1.54) is 0 Å². The van der Waals surface area contributed by atoms with Crippen molar-refractivity contribution in [3.05, 3.63) is 76.4 Å². The lowest BCUT2D eigenvalue weighted by Crippen LogP contribution is -2.14. The number of imidazole rings is 1. The first-order valence-electron chi connectivity index (χ1n) is 9.06. The van der Waals surface area contributed by atoms with E-state index in [0.717, 1.165) is 44.4 Å². The van der Waals surface area contributed by atoms with Gasteiger partial charge in [0, 0.05) is 27.6 Å². The van der Waals surface area contributed by atoms with E-state index in [-0.39, 0.29) is 12.3 Å². The summed E-state index contributed by atoms with van der Waals surface area (Å²) in [6.07, 6.45) is 0.256. The minimum absolute atomic E-state index is 0.0799. The highest BCUT2D eigenvalue weighted by Gasteiger charge is 2.10. The van der Waals surface area contributed by atoms with Crippen LogP contribution in [0.5, 0.6) is 0 Å². The Bertz CT molecular complexity index is 1240. The van der Waals surface area contributed by atoms with Crippen LogP contribution < -0.4 is 5.32 Å². The van der Waals surface area contributed by atoms with E-state index >= 15 is 0 Å². The first-order chi connectivity index (χ1) is 14.2. The van der Waals surface area contributed by atoms with E-state index in [9.17, 15) is 4.79 Å². The number of carbonyl (C=O) groups excluding carboxylic acids is 1. The molecule has 0 saturated carbocycles. The maximum Gasteiger partial charge on any atom is 0.230 e. The van der Waals surface area contributed by atoms with Crippen molar-refractivity contribution in [1.82, 2.24) is 15.0 Å². The van der Waals surface area contributed by atoms with Crippen LogP contribution in [0.25, 0.3) is 33.0 Å². The molecule has 5 nitrogen and oxygen atoms in total. The van der Waals surface area contributed by atoms with E-state index in [1.54, 1.807) is 22.7 Å². The summed E-state index contributed by atoms with van der Waals surface area (Å²) < 4.78 is 0. The number of aromatic amines is 1. The highest BCUT2D eigenvalue weighted by Crippen LogP contribution is 2.26. The highest BCUT2D eigenvalue weighted by molar-refractivity contribution is 7.14. The van der Waals surface area contributed by atoms with Gasteiger partial charge in [-0.25, -0.2) is 9.97 Å². The van der Waals surface area contributed by atoms with Gasteiger partial charge in [-0.3, -0.25) is 4.79 Å². The zero-order valence-electron chi connectivity index (χ0n) is 15.3. The van der Waals surface area contributed by atoms with Crippen molar-refractivity contribution >= 4 is 45.3 Å². The standard InChI is InChI=1S/C22H16N4OS2/c27-20(11-17-13-29-22(24-17)15-9-10-28-12-15)23-16-7-5-14(6-8-16)21-25-18-3-1-2-4-19(18)26-21/h1-10,12-13H,11H2,(H,23,27)(H,25,26). The normalized spacial score (nSPS) is 11.0. The quantitative estimate of drug-likeness (QED) is 0.392. The van der Waals surface area contributed by atoms with Crippen molar-refractivity contribution in [3.63, 3.8) is 0 Å². The molecule has 0 aliphatic heterocycles. The Morgan fingerprint density at radius 1 is 0.966 bits per heavy atom. The Balaban J connectivity index is 1.25. The van der Waals surface area contributed by atoms with Crippen molar-refractivity contribution in [2.24, 2.45) is 0 Å². The minimum atomic E-state index is -0.0799. The molecule has 3 aromatic heterocycles. The molecule has 7 heteroatoms. The number of H-pyrrole nitrogens is 1. The summed E-state index contributed by atoms with van der Waals surface area (Å²) >= 11 is 3.20. The Morgan fingerprint density at radius 3 is 2.62 bits per heavy atom. The molecule has 2 aromatic carbocycles. The largest absolute Gasteiger partial charge is 0.338 e. The van der Waals surface area contributed by atoms with Crippen molar-refractivity contribution in [3.8, 4) is 22.0 Å². The van der Waals surface area contributed by atoms with Crippen LogP contribution >= 0.6 is 22.7 Å². The minimum Gasteiger partial charge on any atom is -0.338 e. The number of carbonyl (C=O) groups is 1. The third-order valence-electron chi connectivity index (χ3n) is 4.49. The predicted molar refractivity (Wildman–Crippen MR) is 119 cm³/mol. The molecule has 0 aliphatic carbocycles. The first kappa shape index (κ1) is 17.8. The van der Waals surface area contributed by atoms with Gasteiger partial charge in [-0.15, -0.1) is 11.3 Å². The summed E-state index contributed by atoms with van der Waals surface area (Å²) in [6, 6.07) is 17.6. The molecule has 5 rings (SSSR count). The molecule has 0 unspecified atom stereocenters. The number of hydrogen-bond acceptors (Lipinski definition) is 5. The number of thiazole rings is 1. The molecule has 5 aromatic rings. The molecule has 0 atom stereocenters. The summed E-state index contributed by atoms with van der Waals surface area (Å²) in [4.78, 5) is 24.9. The number of fused-ring (bicyclic) bond motifs is 1. The van der Waals surface area contributed by atoms with Gasteiger partial charge in [0.2, 0.25) is 5.91 Å². The second-order valence-corrected chi connectivity index (χ2v) is 8.20. The van der Waals surface area contributed by atoms with Crippen molar-refractivity contribution < 1.29 is 4.79 Å². The molecule has 0 spiro atoms. The lowest BCUT2D eigenvalue weighted by molar-refractivity contribution is -0.115. The number of thiophene rings is 1. The van der Waals surface area contributed by atoms with Crippen LogP contribution in [0.3, 0.4) is 0 Å². The topological polar surface area (TPSA) is 70.7 Å². The van der Waals surface area contributed by atoms with E-state index in [2.05, 4.69) is 25.6 Å². The zero-order valence-corrected chi connectivity index (χ0v) is 16.9. The van der Waals surface area contributed by atoms with Crippen LogP contribution in [0.2, 0.25) is 0 Å². The molecule has 142 valence electrons. The van der Waals surface area contributed by atoms with Crippen LogP contribution in [0, 0.1) is 0 Å². The summed E-state index contributed by atoms with van der Waals surface area (Å²) in [6.45, 7) is 0. The van der Waals surface area contributed by atoms with Crippen LogP contribution in [0.1, 0.15) is 5.69 Å². The zero-order chi connectivity index (χ0) is 19.6.